The van der Waals surface area contributed by atoms with Crippen LogP contribution in [-0.4, -0.2) is 6.29 Å². The Morgan fingerprint density at radius 1 is 1.43 bits per heavy atom. The van der Waals surface area contributed by atoms with Crippen LogP contribution in [0, 0.1) is 28.5 Å². The Kier molecular flexibility index (Phi) is 2.93. The number of hydrogen-bond donors (Lipinski definition) is 0. The van der Waals surface area contributed by atoms with E-state index in [1.165, 1.54) is 12.1 Å². The topological polar surface area (TPSA) is 64.7 Å². The second-order valence-corrected chi connectivity index (χ2v) is 2.57. The Labute approximate surface area is 80.0 Å². The van der Waals surface area contributed by atoms with E-state index < -0.39 is 5.82 Å². The molecule has 4 heteroatoms. The minimum absolute atomic E-state index is 0.00619. The Bertz CT molecular complexity index is 454. The highest BCUT2D eigenvalue weighted by atomic mass is 19.1. The highest BCUT2D eigenvalue weighted by molar-refractivity contribution is 5.79. The lowest BCUT2D eigenvalue weighted by Crippen LogP contribution is -1.97. The van der Waals surface area contributed by atoms with Gasteiger partial charge >= 0.3 is 0 Å². The van der Waals surface area contributed by atoms with E-state index in [1.54, 1.807) is 12.1 Å². The lowest BCUT2D eigenvalue weighted by Gasteiger charge is -2.01. The van der Waals surface area contributed by atoms with Gasteiger partial charge in [-0.1, -0.05) is 6.07 Å². The molecule has 0 saturated carbocycles. The molecule has 0 aliphatic rings. The van der Waals surface area contributed by atoms with Crippen LogP contribution in [0.15, 0.2) is 12.1 Å². The van der Waals surface area contributed by atoms with Gasteiger partial charge in [0, 0.05) is 11.1 Å². The van der Waals surface area contributed by atoms with Gasteiger partial charge in [-0.15, -0.1) is 0 Å². The van der Waals surface area contributed by atoms with E-state index in [0.29, 0.717) is 6.29 Å². The molecule has 1 aromatic carbocycles. The molecule has 0 saturated heterocycles. The fraction of sp³-hybridized carbons (Fsp3) is 0.100. The summed E-state index contributed by atoms with van der Waals surface area (Å²) in [6.07, 6.45) is 0.303. The van der Waals surface area contributed by atoms with Crippen LogP contribution in [0.5, 0.6) is 0 Å². The summed E-state index contributed by atoms with van der Waals surface area (Å²) in [7, 11) is 0. The quantitative estimate of drug-likeness (QED) is 0.661. The first-order valence-corrected chi connectivity index (χ1v) is 3.78. The number of hydrogen-bond acceptors (Lipinski definition) is 3. The fourth-order valence-corrected chi connectivity index (χ4v) is 1.07. The summed E-state index contributed by atoms with van der Waals surface area (Å²) in [6.45, 7) is 0. The van der Waals surface area contributed by atoms with E-state index in [-0.39, 0.29) is 23.1 Å². The first kappa shape index (κ1) is 9.88. The second-order valence-electron chi connectivity index (χ2n) is 2.57. The molecule has 0 aliphatic heterocycles. The SMILES string of the molecule is N#CCc1ccc(C=O)c(C#N)c1F. The van der Waals surface area contributed by atoms with Crippen molar-refractivity contribution >= 4 is 6.29 Å². The van der Waals surface area contributed by atoms with Crippen molar-refractivity contribution in [2.45, 2.75) is 6.42 Å². The molecule has 1 aromatic rings. The monoisotopic (exact) mass is 188 g/mol. The Hall–Kier alpha value is -2.20. The average molecular weight is 188 g/mol. The molecule has 0 fully saturated rings. The van der Waals surface area contributed by atoms with Crippen molar-refractivity contribution in [3.8, 4) is 12.1 Å². The Balaban J connectivity index is 3.38. The van der Waals surface area contributed by atoms with Crippen LogP contribution < -0.4 is 0 Å². The molecule has 0 N–H and O–H groups in total. The number of carbonyl (C=O) groups excluding carboxylic acids is 1. The van der Waals surface area contributed by atoms with Crippen molar-refractivity contribution in [1.82, 2.24) is 0 Å². The molecule has 0 heterocycles. The molecule has 14 heavy (non-hydrogen) atoms. The number of benzene rings is 1. The number of rotatable bonds is 2. The van der Waals surface area contributed by atoms with Crippen LogP contribution in [0.3, 0.4) is 0 Å². The molecule has 1 rings (SSSR count). The molecule has 0 aromatic heterocycles. The van der Waals surface area contributed by atoms with Crippen molar-refractivity contribution in [2.24, 2.45) is 0 Å². The van der Waals surface area contributed by atoms with E-state index in [4.69, 9.17) is 10.5 Å². The molecule has 0 unspecified atom stereocenters. The predicted octanol–water partition coefficient (Wildman–Crippen LogP) is 1.58. The zero-order valence-electron chi connectivity index (χ0n) is 7.12. The van der Waals surface area contributed by atoms with Crippen LogP contribution in [0.4, 0.5) is 4.39 Å². The molecular weight excluding hydrogens is 183 g/mol. The van der Waals surface area contributed by atoms with Crippen LogP contribution in [0.2, 0.25) is 0 Å². The molecule has 3 nitrogen and oxygen atoms in total. The number of nitriles is 2. The highest BCUT2D eigenvalue weighted by Crippen LogP contribution is 2.16. The van der Waals surface area contributed by atoms with Crippen LogP contribution >= 0.6 is 0 Å². The Morgan fingerprint density at radius 2 is 2.14 bits per heavy atom. The maximum absolute atomic E-state index is 13.4. The van der Waals surface area contributed by atoms with Gasteiger partial charge in [0.25, 0.3) is 0 Å². The molecular formula is C10H5FN2O. The summed E-state index contributed by atoms with van der Waals surface area (Å²) >= 11 is 0. The van der Waals surface area contributed by atoms with Crippen LogP contribution in [0.25, 0.3) is 0 Å². The van der Waals surface area contributed by atoms with E-state index >= 15 is 0 Å². The molecule has 0 radical (unpaired) electrons. The van der Waals surface area contributed by atoms with Crippen molar-refractivity contribution in [3.05, 3.63) is 34.6 Å². The summed E-state index contributed by atoms with van der Waals surface area (Å²) in [5.74, 6) is -0.779. The van der Waals surface area contributed by atoms with E-state index in [9.17, 15) is 9.18 Å². The molecule has 0 aliphatic carbocycles. The maximum Gasteiger partial charge on any atom is 0.151 e. The van der Waals surface area contributed by atoms with Crippen LogP contribution in [-0.2, 0) is 6.42 Å². The van der Waals surface area contributed by atoms with Gasteiger partial charge in [0.2, 0.25) is 0 Å². The molecule has 0 spiro atoms. The molecule has 0 atom stereocenters. The van der Waals surface area contributed by atoms with Crippen molar-refractivity contribution in [2.75, 3.05) is 0 Å². The average Bonchev–Trinajstić information content (AvgIpc) is 2.21. The summed E-state index contributed by atoms with van der Waals surface area (Å²) in [6, 6.07) is 6.04. The zero-order valence-corrected chi connectivity index (χ0v) is 7.12. The van der Waals surface area contributed by atoms with E-state index in [0.717, 1.165) is 0 Å². The van der Waals surface area contributed by atoms with Crippen molar-refractivity contribution < 1.29 is 9.18 Å². The van der Waals surface area contributed by atoms with Gasteiger partial charge in [-0.2, -0.15) is 10.5 Å². The molecule has 0 amide bonds. The minimum Gasteiger partial charge on any atom is -0.298 e. The predicted molar refractivity (Wildman–Crippen MR) is 45.8 cm³/mol. The molecule has 0 bridgehead atoms. The van der Waals surface area contributed by atoms with Gasteiger partial charge in [-0.3, -0.25) is 4.79 Å². The maximum atomic E-state index is 13.4. The fourth-order valence-electron chi connectivity index (χ4n) is 1.07. The van der Waals surface area contributed by atoms with Gasteiger partial charge in [0.05, 0.1) is 18.1 Å². The van der Waals surface area contributed by atoms with Gasteiger partial charge in [-0.05, 0) is 6.07 Å². The van der Waals surface area contributed by atoms with Gasteiger partial charge in [0.15, 0.2) is 6.29 Å². The van der Waals surface area contributed by atoms with Gasteiger partial charge < -0.3 is 0 Å². The van der Waals surface area contributed by atoms with Crippen LogP contribution in [0.1, 0.15) is 21.5 Å². The normalized spacial score (nSPS) is 8.79. The van der Waals surface area contributed by atoms with E-state index in [2.05, 4.69) is 0 Å². The summed E-state index contributed by atoms with van der Waals surface area (Å²) in [5, 5.41) is 17.0. The summed E-state index contributed by atoms with van der Waals surface area (Å²) < 4.78 is 13.4. The third-order valence-electron chi connectivity index (χ3n) is 1.76. The summed E-state index contributed by atoms with van der Waals surface area (Å²) in [4.78, 5) is 10.4. The minimum atomic E-state index is -0.779. The summed E-state index contributed by atoms with van der Waals surface area (Å²) in [5.41, 5.74) is -0.158. The largest absolute Gasteiger partial charge is 0.298 e. The second kappa shape index (κ2) is 4.15. The number of aldehydes is 1. The highest BCUT2D eigenvalue weighted by Gasteiger charge is 2.11. The zero-order chi connectivity index (χ0) is 10.6. The number of nitrogens with zero attached hydrogens (tertiary/aromatic N) is 2. The molecule has 68 valence electrons. The third kappa shape index (κ3) is 1.60. The third-order valence-corrected chi connectivity index (χ3v) is 1.76. The van der Waals surface area contributed by atoms with Gasteiger partial charge in [0.1, 0.15) is 11.9 Å². The van der Waals surface area contributed by atoms with Crippen molar-refractivity contribution in [1.29, 1.82) is 10.5 Å². The smallest absolute Gasteiger partial charge is 0.151 e. The van der Waals surface area contributed by atoms with Crippen molar-refractivity contribution in [3.63, 3.8) is 0 Å². The number of halogens is 1. The van der Waals surface area contributed by atoms with E-state index in [1.807, 2.05) is 0 Å². The lowest BCUT2D eigenvalue weighted by molar-refractivity contribution is 0.112. The van der Waals surface area contributed by atoms with Gasteiger partial charge in [-0.25, -0.2) is 4.39 Å². The first-order chi connectivity index (χ1) is 6.74. The lowest BCUT2D eigenvalue weighted by atomic mass is 10.0. The standard InChI is InChI=1S/C10H5FN2O/c11-10-7(3-4-12)1-2-8(6-14)9(10)5-13/h1-2,6H,3H2. The first-order valence-electron chi connectivity index (χ1n) is 3.78. The number of carbonyl (C=O) groups is 1. The Morgan fingerprint density at radius 3 is 2.64 bits per heavy atom.